The second-order valence-corrected chi connectivity index (χ2v) is 10.3. The largest absolute Gasteiger partial charge is 0.288 e. The van der Waals surface area contributed by atoms with Gasteiger partial charge in [0.05, 0.1) is 11.4 Å². The van der Waals surface area contributed by atoms with Crippen molar-refractivity contribution in [1.82, 2.24) is 4.98 Å². The van der Waals surface area contributed by atoms with E-state index in [0.29, 0.717) is 11.4 Å². The Bertz CT molecular complexity index is 1120. The van der Waals surface area contributed by atoms with Crippen LogP contribution in [0.5, 0.6) is 0 Å². The molecule has 0 radical (unpaired) electrons. The average molecular weight is 423 g/mol. The Morgan fingerprint density at radius 1 is 0.933 bits per heavy atom. The van der Waals surface area contributed by atoms with E-state index in [1.165, 1.54) is 6.26 Å². The molecule has 3 aromatic rings. The number of carbonyl (C=O) groups is 1. The van der Waals surface area contributed by atoms with E-state index in [4.69, 9.17) is 0 Å². The fraction of sp³-hybridized carbons (Fsp3) is 0.250. The Hall–Kier alpha value is -2.99. The number of amides is 1. The van der Waals surface area contributed by atoms with E-state index >= 15 is 0 Å². The van der Waals surface area contributed by atoms with Gasteiger partial charge in [-0.25, -0.2) is 13.4 Å². The number of nitrogens with zero attached hydrogens (tertiary/aromatic N) is 2. The number of carbonyl (C=O) groups excluding carboxylic acids is 1. The van der Waals surface area contributed by atoms with Crippen molar-refractivity contribution in [3.8, 4) is 0 Å². The van der Waals surface area contributed by atoms with Crippen molar-refractivity contribution in [1.29, 1.82) is 0 Å². The smallest absolute Gasteiger partial charge is 0.259 e. The van der Waals surface area contributed by atoms with Gasteiger partial charge in [0.15, 0.2) is 9.84 Å². The zero-order valence-corrected chi connectivity index (χ0v) is 18.5. The molecular formula is C24H26N2O3S. The van der Waals surface area contributed by atoms with Gasteiger partial charge in [0, 0.05) is 18.0 Å². The van der Waals surface area contributed by atoms with Crippen LogP contribution in [0, 0.1) is 0 Å². The molecule has 0 N–H and O–H groups in total. The Balaban J connectivity index is 1.92. The molecule has 156 valence electrons. The van der Waals surface area contributed by atoms with Crippen molar-refractivity contribution < 1.29 is 13.2 Å². The molecule has 30 heavy (non-hydrogen) atoms. The topological polar surface area (TPSA) is 67.3 Å². The van der Waals surface area contributed by atoms with Gasteiger partial charge in [0.25, 0.3) is 5.91 Å². The maximum absolute atomic E-state index is 13.3. The predicted molar refractivity (Wildman–Crippen MR) is 119 cm³/mol. The van der Waals surface area contributed by atoms with Gasteiger partial charge in [-0.1, -0.05) is 51.1 Å². The van der Waals surface area contributed by atoms with Crippen molar-refractivity contribution in [2.24, 2.45) is 0 Å². The summed E-state index contributed by atoms with van der Waals surface area (Å²) >= 11 is 0. The van der Waals surface area contributed by atoms with Crippen LogP contribution in [0.25, 0.3) is 0 Å². The van der Waals surface area contributed by atoms with Gasteiger partial charge in [-0.2, -0.15) is 0 Å². The lowest BCUT2D eigenvalue weighted by Gasteiger charge is -2.23. The summed E-state index contributed by atoms with van der Waals surface area (Å²) in [7, 11) is -3.27. The summed E-state index contributed by atoms with van der Waals surface area (Å²) < 4.78 is 23.4. The molecule has 1 amide bonds. The molecule has 2 aromatic carbocycles. The summed E-state index contributed by atoms with van der Waals surface area (Å²) in [5.41, 5.74) is 2.54. The van der Waals surface area contributed by atoms with Crippen LogP contribution in [-0.4, -0.2) is 25.6 Å². The maximum atomic E-state index is 13.3. The van der Waals surface area contributed by atoms with Crippen LogP contribution in [-0.2, 0) is 21.8 Å². The first kappa shape index (κ1) is 21.7. The number of benzene rings is 2. The van der Waals surface area contributed by atoms with E-state index in [0.717, 1.165) is 11.1 Å². The summed E-state index contributed by atoms with van der Waals surface area (Å²) in [6, 6.07) is 19.6. The van der Waals surface area contributed by atoms with Crippen LogP contribution >= 0.6 is 0 Å². The minimum atomic E-state index is -3.27. The zero-order chi connectivity index (χ0) is 21.9. The lowest BCUT2D eigenvalue weighted by molar-refractivity contribution is 0.0984. The summed E-state index contributed by atoms with van der Waals surface area (Å²) in [6.07, 6.45) is 2.82. The highest BCUT2D eigenvalue weighted by Gasteiger charge is 2.21. The van der Waals surface area contributed by atoms with Crippen LogP contribution in [0.2, 0.25) is 0 Å². The monoisotopic (exact) mass is 422 g/mol. The molecule has 0 unspecified atom stereocenters. The van der Waals surface area contributed by atoms with Gasteiger partial charge in [0.1, 0.15) is 5.82 Å². The molecule has 1 heterocycles. The summed E-state index contributed by atoms with van der Waals surface area (Å²) in [5, 5.41) is 0. The highest BCUT2D eigenvalue weighted by molar-refractivity contribution is 7.90. The second kappa shape index (κ2) is 8.40. The highest BCUT2D eigenvalue weighted by Crippen LogP contribution is 2.24. The minimum absolute atomic E-state index is 0.00358. The van der Waals surface area contributed by atoms with Gasteiger partial charge in [-0.3, -0.25) is 9.69 Å². The first-order valence-corrected chi connectivity index (χ1v) is 11.6. The first-order valence-electron chi connectivity index (χ1n) is 9.68. The van der Waals surface area contributed by atoms with Crippen LogP contribution in [0.1, 0.15) is 42.3 Å². The first-order chi connectivity index (χ1) is 14.1. The average Bonchev–Trinajstić information content (AvgIpc) is 2.71. The van der Waals surface area contributed by atoms with Crippen molar-refractivity contribution in [3.63, 3.8) is 0 Å². The second-order valence-electron chi connectivity index (χ2n) is 8.32. The molecule has 0 aliphatic carbocycles. The number of hydrogen-bond acceptors (Lipinski definition) is 4. The van der Waals surface area contributed by atoms with E-state index in [9.17, 15) is 13.2 Å². The number of aromatic nitrogens is 1. The Morgan fingerprint density at radius 3 is 2.07 bits per heavy atom. The number of rotatable bonds is 5. The normalized spacial score (nSPS) is 11.9. The molecule has 0 bridgehead atoms. The fourth-order valence-electron chi connectivity index (χ4n) is 3.06. The van der Waals surface area contributed by atoms with E-state index < -0.39 is 9.84 Å². The minimum Gasteiger partial charge on any atom is -0.288 e. The molecule has 0 saturated carbocycles. The van der Waals surface area contributed by atoms with Crippen LogP contribution in [0.3, 0.4) is 0 Å². The molecule has 6 heteroatoms. The van der Waals surface area contributed by atoms with Gasteiger partial charge in [0.2, 0.25) is 0 Å². The molecule has 1 aromatic heterocycles. The number of pyridine rings is 1. The highest BCUT2D eigenvalue weighted by atomic mass is 32.2. The third-order valence-electron chi connectivity index (χ3n) is 4.86. The van der Waals surface area contributed by atoms with Crippen molar-refractivity contribution in [2.75, 3.05) is 11.2 Å². The molecule has 0 aliphatic heterocycles. The molecule has 0 atom stereocenters. The Labute approximate surface area is 178 Å². The molecule has 5 nitrogen and oxygen atoms in total. The quantitative estimate of drug-likeness (QED) is 0.601. The van der Waals surface area contributed by atoms with Gasteiger partial charge in [-0.05, 0) is 52.9 Å². The van der Waals surface area contributed by atoms with Crippen LogP contribution < -0.4 is 4.90 Å². The third-order valence-corrected chi connectivity index (χ3v) is 5.99. The van der Waals surface area contributed by atoms with E-state index in [2.05, 4.69) is 25.8 Å². The lowest BCUT2D eigenvalue weighted by atomic mass is 9.86. The van der Waals surface area contributed by atoms with E-state index in [1.807, 2.05) is 30.3 Å². The van der Waals surface area contributed by atoms with Crippen LogP contribution in [0.15, 0.2) is 77.8 Å². The number of sulfone groups is 1. The maximum Gasteiger partial charge on any atom is 0.259 e. The van der Waals surface area contributed by atoms with Gasteiger partial charge >= 0.3 is 0 Å². The van der Waals surface area contributed by atoms with E-state index in [-0.39, 0.29) is 22.8 Å². The lowest BCUT2D eigenvalue weighted by Crippen LogP contribution is -2.31. The summed E-state index contributed by atoms with van der Waals surface area (Å²) in [6.45, 7) is 6.67. The number of anilines is 1. The Morgan fingerprint density at radius 2 is 1.57 bits per heavy atom. The number of hydrogen-bond donors (Lipinski definition) is 0. The molecule has 3 rings (SSSR count). The van der Waals surface area contributed by atoms with Crippen molar-refractivity contribution >= 4 is 21.6 Å². The predicted octanol–water partition coefficient (Wildman–Crippen LogP) is 4.63. The zero-order valence-electron chi connectivity index (χ0n) is 17.7. The van der Waals surface area contributed by atoms with Gasteiger partial charge < -0.3 is 0 Å². The molecule has 0 spiro atoms. The molecule has 0 fully saturated rings. The summed E-state index contributed by atoms with van der Waals surface area (Å²) in [5.74, 6) is 0.371. The molecule has 0 aliphatic rings. The standard InChI is InChI=1S/C24H26N2O3S/c1-24(2,3)20-12-10-19(11-13-20)23(27)26(22-7-5-6-16-25-22)17-18-8-14-21(15-9-18)30(4,28)29/h5-16H,17H2,1-4H3. The fourth-order valence-corrected chi connectivity index (χ4v) is 3.69. The Kier molecular flexibility index (Phi) is 6.08. The molecule has 0 saturated heterocycles. The van der Waals surface area contributed by atoms with Crippen molar-refractivity contribution in [3.05, 3.63) is 89.6 Å². The molecular weight excluding hydrogens is 396 g/mol. The summed E-state index contributed by atoms with van der Waals surface area (Å²) in [4.78, 5) is 19.5. The van der Waals surface area contributed by atoms with E-state index in [1.54, 1.807) is 47.5 Å². The van der Waals surface area contributed by atoms with Gasteiger partial charge in [-0.15, -0.1) is 0 Å². The third kappa shape index (κ3) is 5.13. The SMILES string of the molecule is CC(C)(C)c1ccc(C(=O)N(Cc2ccc(S(C)(=O)=O)cc2)c2ccccn2)cc1. The van der Waals surface area contributed by atoms with Crippen molar-refractivity contribution in [2.45, 2.75) is 37.6 Å². The van der Waals surface area contributed by atoms with Crippen LogP contribution in [0.4, 0.5) is 5.82 Å².